The first-order valence-corrected chi connectivity index (χ1v) is 11.2. The van der Waals surface area contributed by atoms with Crippen LogP contribution in [0.2, 0.25) is 0 Å². The van der Waals surface area contributed by atoms with E-state index in [1.54, 1.807) is 13.3 Å². The minimum absolute atomic E-state index is 0.703. The summed E-state index contributed by atoms with van der Waals surface area (Å²) < 4.78 is 5.75. The van der Waals surface area contributed by atoms with E-state index >= 15 is 0 Å². The molecule has 1 unspecified atom stereocenters. The number of anilines is 2. The van der Waals surface area contributed by atoms with E-state index in [4.69, 9.17) is 10.5 Å². The van der Waals surface area contributed by atoms with Gasteiger partial charge in [-0.15, -0.1) is 0 Å². The molecule has 31 heavy (non-hydrogen) atoms. The number of piperazine rings is 1. The summed E-state index contributed by atoms with van der Waals surface area (Å²) in [6.07, 6.45) is 6.07. The number of aliphatic imine (C=N–C) groups is 1. The van der Waals surface area contributed by atoms with Gasteiger partial charge >= 0.3 is 0 Å². The predicted octanol–water partition coefficient (Wildman–Crippen LogP) is 1.85. The lowest BCUT2D eigenvalue weighted by Gasteiger charge is -2.42. The lowest BCUT2D eigenvalue weighted by atomic mass is 10.00. The molecule has 8 nitrogen and oxygen atoms in total. The van der Waals surface area contributed by atoms with Crippen molar-refractivity contribution in [3.63, 3.8) is 0 Å². The quantitative estimate of drug-likeness (QED) is 0.696. The van der Waals surface area contributed by atoms with E-state index in [9.17, 15) is 0 Å². The minimum atomic E-state index is -1.05. The van der Waals surface area contributed by atoms with Gasteiger partial charge in [0.05, 0.1) is 30.3 Å². The first-order valence-electron chi connectivity index (χ1n) is 11.2. The van der Waals surface area contributed by atoms with E-state index in [0.717, 1.165) is 35.8 Å². The van der Waals surface area contributed by atoms with Gasteiger partial charge in [0.15, 0.2) is 0 Å². The van der Waals surface area contributed by atoms with E-state index < -0.39 is 5.79 Å². The first kappa shape index (κ1) is 20.4. The molecule has 0 saturated carbocycles. The Morgan fingerprint density at radius 2 is 1.87 bits per heavy atom. The number of aromatic amines is 1. The van der Waals surface area contributed by atoms with Gasteiger partial charge in [-0.25, -0.2) is 4.99 Å². The SMILES string of the molecule is COc1cc(N2CCC(N3CCN(C)CC3)CC2)ccc1C1(N)N=Cc2[nH]ccc2N1. The van der Waals surface area contributed by atoms with Crippen molar-refractivity contribution in [2.75, 3.05) is 63.6 Å². The number of rotatable bonds is 4. The van der Waals surface area contributed by atoms with Crippen LogP contribution in [0.15, 0.2) is 35.5 Å². The monoisotopic (exact) mass is 423 g/mol. The fourth-order valence-electron chi connectivity index (χ4n) is 5.01. The van der Waals surface area contributed by atoms with Crippen LogP contribution >= 0.6 is 0 Å². The summed E-state index contributed by atoms with van der Waals surface area (Å²) in [5.74, 6) is -0.294. The Balaban J connectivity index is 1.29. The molecule has 8 heteroatoms. The van der Waals surface area contributed by atoms with Crippen LogP contribution in [0.1, 0.15) is 24.1 Å². The van der Waals surface area contributed by atoms with E-state index in [0.29, 0.717) is 6.04 Å². The Morgan fingerprint density at radius 3 is 2.61 bits per heavy atom. The van der Waals surface area contributed by atoms with Crippen molar-refractivity contribution in [3.8, 4) is 5.75 Å². The molecule has 0 aliphatic carbocycles. The molecule has 1 atom stereocenters. The number of benzene rings is 1. The Kier molecular flexibility index (Phi) is 5.37. The van der Waals surface area contributed by atoms with Gasteiger partial charge in [-0.3, -0.25) is 10.6 Å². The van der Waals surface area contributed by atoms with Crippen LogP contribution in [0.4, 0.5) is 11.4 Å². The highest BCUT2D eigenvalue weighted by molar-refractivity contribution is 5.88. The summed E-state index contributed by atoms with van der Waals surface area (Å²) in [6, 6.07) is 8.96. The summed E-state index contributed by atoms with van der Waals surface area (Å²) in [5, 5.41) is 3.33. The van der Waals surface area contributed by atoms with Gasteiger partial charge in [-0.2, -0.15) is 0 Å². The number of H-pyrrole nitrogens is 1. The van der Waals surface area contributed by atoms with Crippen LogP contribution in [-0.4, -0.2) is 80.5 Å². The van der Waals surface area contributed by atoms with E-state index in [-0.39, 0.29) is 0 Å². The van der Waals surface area contributed by atoms with Crippen LogP contribution in [0.5, 0.6) is 5.75 Å². The number of fused-ring (bicyclic) bond motifs is 1. The van der Waals surface area contributed by atoms with Gasteiger partial charge in [-0.1, -0.05) is 0 Å². The molecule has 5 rings (SSSR count). The lowest BCUT2D eigenvalue weighted by Crippen LogP contribution is -2.52. The number of methoxy groups -OCH3 is 1. The van der Waals surface area contributed by atoms with Gasteiger partial charge in [0.25, 0.3) is 0 Å². The molecule has 1 aromatic heterocycles. The van der Waals surface area contributed by atoms with Gasteiger partial charge in [0.2, 0.25) is 5.79 Å². The van der Waals surface area contributed by atoms with Crippen molar-refractivity contribution >= 4 is 17.6 Å². The smallest absolute Gasteiger partial charge is 0.212 e. The van der Waals surface area contributed by atoms with E-state index in [1.807, 2.05) is 18.3 Å². The molecule has 2 fully saturated rings. The fraction of sp³-hybridized carbons (Fsp3) is 0.522. The van der Waals surface area contributed by atoms with Crippen molar-refractivity contribution in [1.29, 1.82) is 0 Å². The van der Waals surface area contributed by atoms with Gasteiger partial charge in [-0.05, 0) is 38.1 Å². The molecule has 0 spiro atoms. The van der Waals surface area contributed by atoms with Crippen LogP contribution in [0.25, 0.3) is 0 Å². The van der Waals surface area contributed by atoms with Crippen molar-refractivity contribution in [2.45, 2.75) is 24.7 Å². The van der Waals surface area contributed by atoms with E-state index in [1.165, 1.54) is 44.7 Å². The van der Waals surface area contributed by atoms with Crippen molar-refractivity contribution < 1.29 is 4.74 Å². The molecule has 3 aliphatic rings. The Hall–Kier alpha value is -2.55. The topological polar surface area (TPSA) is 85.2 Å². The number of nitrogens with two attached hydrogens (primary N) is 1. The fourth-order valence-corrected chi connectivity index (χ4v) is 5.01. The molecule has 4 N–H and O–H groups in total. The maximum Gasteiger partial charge on any atom is 0.212 e. The predicted molar refractivity (Wildman–Crippen MR) is 125 cm³/mol. The lowest BCUT2D eigenvalue weighted by molar-refractivity contribution is 0.0982. The second kappa shape index (κ2) is 8.18. The summed E-state index contributed by atoms with van der Waals surface area (Å²) in [7, 11) is 3.91. The molecule has 0 radical (unpaired) electrons. The number of likely N-dealkylation sites (N-methyl/N-ethyl adjacent to an activating group) is 1. The number of ether oxygens (including phenoxy) is 1. The summed E-state index contributed by atoms with van der Waals surface area (Å²) >= 11 is 0. The molecule has 0 bridgehead atoms. The molecule has 166 valence electrons. The normalized spacial score (nSPS) is 25.3. The largest absolute Gasteiger partial charge is 0.496 e. The maximum absolute atomic E-state index is 6.64. The number of aromatic nitrogens is 1. The maximum atomic E-state index is 6.64. The molecule has 2 aromatic rings. The zero-order valence-electron chi connectivity index (χ0n) is 18.5. The molecule has 3 aliphatic heterocycles. The van der Waals surface area contributed by atoms with Gasteiger partial charge in [0.1, 0.15) is 5.75 Å². The Morgan fingerprint density at radius 1 is 1.10 bits per heavy atom. The van der Waals surface area contributed by atoms with E-state index in [2.05, 4.69) is 49.2 Å². The minimum Gasteiger partial charge on any atom is -0.496 e. The molecule has 4 heterocycles. The number of hydrogen-bond donors (Lipinski definition) is 3. The van der Waals surface area contributed by atoms with Gasteiger partial charge in [0, 0.05) is 63.3 Å². The van der Waals surface area contributed by atoms with Crippen LogP contribution in [0.3, 0.4) is 0 Å². The van der Waals surface area contributed by atoms with Gasteiger partial charge < -0.3 is 24.8 Å². The average molecular weight is 424 g/mol. The highest BCUT2D eigenvalue weighted by Gasteiger charge is 2.34. The summed E-state index contributed by atoms with van der Waals surface area (Å²) in [5.41, 5.74) is 10.5. The molecular formula is C23H33N7O. The number of nitrogens with one attached hydrogen (secondary N) is 2. The summed E-state index contributed by atoms with van der Waals surface area (Å²) in [6.45, 7) is 6.88. The molecule has 2 saturated heterocycles. The number of piperidine rings is 1. The number of hydrogen-bond acceptors (Lipinski definition) is 7. The third-order valence-electron chi connectivity index (χ3n) is 6.98. The molecule has 0 amide bonds. The molecule has 1 aromatic carbocycles. The second-order valence-electron chi connectivity index (χ2n) is 8.90. The second-order valence-corrected chi connectivity index (χ2v) is 8.90. The average Bonchev–Trinajstić information content (AvgIpc) is 3.26. The zero-order chi connectivity index (χ0) is 21.4. The first-order chi connectivity index (χ1) is 15.1. The highest BCUT2D eigenvalue weighted by atomic mass is 16.5. The van der Waals surface area contributed by atoms with Crippen molar-refractivity contribution in [2.24, 2.45) is 10.7 Å². The van der Waals surface area contributed by atoms with Crippen LogP contribution in [-0.2, 0) is 5.79 Å². The third-order valence-corrected chi connectivity index (χ3v) is 6.98. The standard InChI is InChI=1S/C23H33N7O/c1-28-11-13-30(14-12-28)17-6-9-29(10-7-17)18-3-4-19(22(15-18)31-2)23(24)26-16-21-20(27-23)5-8-25-21/h3-5,8,15-17,25,27H,6-7,9-14,24H2,1-2H3. The highest BCUT2D eigenvalue weighted by Crippen LogP contribution is 2.36. The summed E-state index contributed by atoms with van der Waals surface area (Å²) in [4.78, 5) is 15.3. The Bertz CT molecular complexity index is 941. The number of nitrogens with zero attached hydrogens (tertiary/aromatic N) is 4. The zero-order valence-corrected chi connectivity index (χ0v) is 18.5. The Labute approximate surface area is 184 Å². The molecular weight excluding hydrogens is 390 g/mol. The van der Waals surface area contributed by atoms with Crippen LogP contribution in [0, 0.1) is 0 Å². The van der Waals surface area contributed by atoms with Crippen molar-refractivity contribution in [1.82, 2.24) is 14.8 Å². The van der Waals surface area contributed by atoms with Crippen molar-refractivity contribution in [3.05, 3.63) is 41.7 Å². The van der Waals surface area contributed by atoms with Crippen LogP contribution < -0.4 is 20.7 Å². The third kappa shape index (κ3) is 3.91.